The van der Waals surface area contributed by atoms with Crippen molar-refractivity contribution >= 4 is 30.0 Å². The maximum Gasteiger partial charge on any atom is 0.326 e. The number of carboxylic acid groups (broad SMARTS) is 1. The molecule has 27 heavy (non-hydrogen) atoms. The van der Waals surface area contributed by atoms with Crippen molar-refractivity contribution in [1.29, 1.82) is 0 Å². The average Bonchev–Trinajstić information content (AvgIpc) is 2.90. The zero-order valence-corrected chi connectivity index (χ0v) is 14.6. The molecule has 0 fully saturated rings. The molecule has 0 radical (unpaired) electrons. The summed E-state index contributed by atoms with van der Waals surface area (Å²) < 4.78 is 0. The highest BCUT2D eigenvalue weighted by molar-refractivity contribution is 6.22. The van der Waals surface area contributed by atoms with Crippen molar-refractivity contribution in [3.8, 4) is 0 Å². The van der Waals surface area contributed by atoms with Crippen molar-refractivity contribution in [2.45, 2.75) is 37.8 Å². The fraction of sp³-hybridized carbons (Fsp3) is 0.316. The lowest BCUT2D eigenvalue weighted by molar-refractivity contribution is -0.142. The first-order valence-corrected chi connectivity index (χ1v) is 8.47. The lowest BCUT2D eigenvalue weighted by Gasteiger charge is -2.26. The largest absolute Gasteiger partial charge is 0.480 e. The molecule has 2 rings (SSSR count). The molecule has 8 nitrogen and oxygen atoms in total. The van der Waals surface area contributed by atoms with Gasteiger partial charge in [-0.3, -0.25) is 19.3 Å². The highest BCUT2D eigenvalue weighted by Gasteiger charge is 2.42. The number of fused-ring (bicyclic) bond motifs is 1. The van der Waals surface area contributed by atoms with Crippen LogP contribution >= 0.6 is 0 Å². The lowest BCUT2D eigenvalue weighted by Crippen LogP contribution is -2.53. The molecule has 1 aliphatic heterocycles. The van der Waals surface area contributed by atoms with Crippen molar-refractivity contribution < 1.29 is 29.1 Å². The Kier molecular flexibility index (Phi) is 6.59. The maximum atomic E-state index is 12.7. The summed E-state index contributed by atoms with van der Waals surface area (Å²) in [5, 5.41) is 11.6. The molecule has 2 N–H and O–H groups in total. The molecule has 1 aromatic carbocycles. The van der Waals surface area contributed by atoms with Crippen molar-refractivity contribution in [3.63, 3.8) is 0 Å². The molecule has 1 aromatic rings. The minimum atomic E-state index is -1.26. The Morgan fingerprint density at radius 2 is 1.78 bits per heavy atom. The Hall–Kier alpha value is -3.29. The van der Waals surface area contributed by atoms with Crippen LogP contribution in [0.25, 0.3) is 0 Å². The van der Waals surface area contributed by atoms with E-state index in [4.69, 9.17) is 0 Å². The molecule has 0 saturated carbocycles. The quantitative estimate of drug-likeness (QED) is 0.275. The van der Waals surface area contributed by atoms with Crippen LogP contribution in [0.1, 0.15) is 46.4 Å². The Balaban J connectivity index is 2.21. The molecular formula is C19H20N2O6. The summed E-state index contributed by atoms with van der Waals surface area (Å²) in [6.07, 6.45) is 2.56. The number of imide groups is 1. The molecule has 0 aliphatic carbocycles. The predicted molar refractivity (Wildman–Crippen MR) is 95.0 cm³/mol. The Morgan fingerprint density at radius 1 is 1.19 bits per heavy atom. The van der Waals surface area contributed by atoms with Gasteiger partial charge < -0.3 is 15.2 Å². The zero-order chi connectivity index (χ0) is 20.0. The van der Waals surface area contributed by atoms with Gasteiger partial charge in [-0.1, -0.05) is 18.2 Å². The summed E-state index contributed by atoms with van der Waals surface area (Å²) in [7, 11) is 0. The molecule has 1 aliphatic rings. The topological polar surface area (TPSA) is 121 Å². The number of unbranched alkanes of at least 4 members (excludes halogenated alkanes) is 1. The SMILES string of the molecule is C=CC[C@H](C(=O)N[C@@H](CCCC=O)C(=O)O)N1C(=O)c2ccccc2C1=O. The van der Waals surface area contributed by atoms with E-state index in [9.17, 15) is 29.1 Å². The first-order valence-electron chi connectivity index (χ1n) is 8.47. The molecule has 0 saturated heterocycles. The van der Waals surface area contributed by atoms with Gasteiger partial charge in [0.2, 0.25) is 5.91 Å². The summed E-state index contributed by atoms with van der Waals surface area (Å²) in [6.45, 7) is 3.54. The number of carbonyl (C=O) groups excluding carboxylic acids is 4. The molecule has 3 amide bonds. The number of carbonyl (C=O) groups is 5. The maximum absolute atomic E-state index is 12.7. The number of nitrogens with zero attached hydrogens (tertiary/aromatic N) is 1. The van der Waals surface area contributed by atoms with Crippen LogP contribution in [0.2, 0.25) is 0 Å². The Labute approximate surface area is 155 Å². The van der Waals surface area contributed by atoms with Crippen LogP contribution in [0.5, 0.6) is 0 Å². The summed E-state index contributed by atoms with van der Waals surface area (Å²) >= 11 is 0. The first kappa shape index (κ1) is 20.0. The Bertz CT molecular complexity index is 753. The van der Waals surface area contributed by atoms with Gasteiger partial charge in [0.05, 0.1) is 11.1 Å². The second-order valence-corrected chi connectivity index (χ2v) is 6.06. The van der Waals surface area contributed by atoms with E-state index >= 15 is 0 Å². The average molecular weight is 372 g/mol. The lowest BCUT2D eigenvalue weighted by atomic mass is 10.1. The second kappa shape index (κ2) is 8.88. The molecule has 0 aromatic heterocycles. The summed E-state index contributed by atoms with van der Waals surface area (Å²) in [5.41, 5.74) is 0.398. The van der Waals surface area contributed by atoms with Crippen LogP contribution in [0.4, 0.5) is 0 Å². The monoisotopic (exact) mass is 372 g/mol. The van der Waals surface area contributed by atoms with E-state index in [1.54, 1.807) is 12.1 Å². The van der Waals surface area contributed by atoms with Gasteiger partial charge in [0.1, 0.15) is 18.4 Å². The third-order valence-corrected chi connectivity index (χ3v) is 4.26. The van der Waals surface area contributed by atoms with Crippen LogP contribution in [0.15, 0.2) is 36.9 Å². The number of hydrogen-bond acceptors (Lipinski definition) is 5. The number of amides is 3. The van der Waals surface area contributed by atoms with Crippen molar-refractivity contribution in [3.05, 3.63) is 48.0 Å². The van der Waals surface area contributed by atoms with Crippen LogP contribution in [0.3, 0.4) is 0 Å². The van der Waals surface area contributed by atoms with Crippen LogP contribution in [-0.2, 0) is 14.4 Å². The molecule has 0 spiro atoms. The molecule has 0 bridgehead atoms. The number of benzene rings is 1. The third kappa shape index (κ3) is 4.28. The molecule has 142 valence electrons. The van der Waals surface area contributed by atoms with E-state index in [2.05, 4.69) is 11.9 Å². The summed E-state index contributed by atoms with van der Waals surface area (Å²) in [6, 6.07) is 3.80. The molecular weight excluding hydrogens is 352 g/mol. The van der Waals surface area contributed by atoms with Crippen LogP contribution in [-0.4, -0.2) is 52.1 Å². The zero-order valence-electron chi connectivity index (χ0n) is 14.6. The van der Waals surface area contributed by atoms with Crippen molar-refractivity contribution in [2.24, 2.45) is 0 Å². The first-order chi connectivity index (χ1) is 12.9. The minimum absolute atomic E-state index is 0.0159. The number of nitrogens with one attached hydrogen (secondary N) is 1. The summed E-state index contributed by atoms with van der Waals surface area (Å²) in [5.74, 6) is -3.23. The number of hydrogen-bond donors (Lipinski definition) is 2. The van der Waals surface area contributed by atoms with Gasteiger partial charge in [0.25, 0.3) is 11.8 Å². The van der Waals surface area contributed by atoms with Gasteiger partial charge in [0, 0.05) is 6.42 Å². The van der Waals surface area contributed by atoms with Gasteiger partial charge in [-0.05, 0) is 31.4 Å². The van der Waals surface area contributed by atoms with Crippen LogP contribution < -0.4 is 5.32 Å². The van der Waals surface area contributed by atoms with Crippen molar-refractivity contribution in [1.82, 2.24) is 10.2 Å². The molecule has 8 heteroatoms. The van der Waals surface area contributed by atoms with Crippen molar-refractivity contribution in [2.75, 3.05) is 0 Å². The second-order valence-electron chi connectivity index (χ2n) is 6.06. The molecule has 0 unspecified atom stereocenters. The van der Waals surface area contributed by atoms with Gasteiger partial charge in [-0.2, -0.15) is 0 Å². The van der Waals surface area contributed by atoms with E-state index in [0.717, 1.165) is 4.90 Å². The normalized spacial score (nSPS) is 15.0. The summed E-state index contributed by atoms with van der Waals surface area (Å²) in [4.78, 5) is 60.5. The number of rotatable bonds is 10. The molecule has 1 heterocycles. The fourth-order valence-corrected chi connectivity index (χ4v) is 2.91. The number of carboxylic acids is 1. The van der Waals surface area contributed by atoms with E-state index < -0.39 is 35.8 Å². The van der Waals surface area contributed by atoms with Crippen LogP contribution in [0, 0.1) is 0 Å². The van der Waals surface area contributed by atoms with Gasteiger partial charge >= 0.3 is 5.97 Å². The number of aliphatic carboxylic acids is 1. The fourth-order valence-electron chi connectivity index (χ4n) is 2.91. The third-order valence-electron chi connectivity index (χ3n) is 4.26. The van der Waals surface area contributed by atoms with E-state index in [1.807, 2.05) is 0 Å². The minimum Gasteiger partial charge on any atom is -0.480 e. The highest BCUT2D eigenvalue weighted by atomic mass is 16.4. The Morgan fingerprint density at radius 3 is 2.26 bits per heavy atom. The highest BCUT2D eigenvalue weighted by Crippen LogP contribution is 2.26. The van der Waals surface area contributed by atoms with Gasteiger partial charge in [-0.25, -0.2) is 4.79 Å². The van der Waals surface area contributed by atoms with E-state index in [0.29, 0.717) is 12.7 Å². The molecule has 2 atom stereocenters. The standard InChI is InChI=1S/C19H20N2O6/c1-2-7-15(16(23)20-14(19(26)27)10-5-6-11-22)21-17(24)12-8-3-4-9-13(12)18(21)25/h2-4,8-9,11,14-15H,1,5-7,10H2,(H,20,23)(H,26,27)/t14-,15+/m0/s1. The van der Waals surface area contributed by atoms with Gasteiger partial charge in [-0.15, -0.1) is 6.58 Å². The van der Waals surface area contributed by atoms with E-state index in [1.165, 1.54) is 18.2 Å². The van der Waals surface area contributed by atoms with Gasteiger partial charge in [0.15, 0.2) is 0 Å². The number of aldehydes is 1. The smallest absolute Gasteiger partial charge is 0.326 e. The van der Waals surface area contributed by atoms with E-state index in [-0.39, 0.29) is 30.4 Å². The predicted octanol–water partition coefficient (Wildman–Crippen LogP) is 1.17.